The maximum atomic E-state index is 13.9. The minimum absolute atomic E-state index is 0. The Kier molecular flexibility index (Phi) is 15.8. The standard InChI is InChI=1S/C24H38N2O5.C22H34N2O5.CH4/c1-10-16-12-13-25(22(29)31-24(7,8)9)19(16)20(27)26-17(11-2)15(3)14-18(26)21(28)30-23(4,5)6;1-13-12-16(19(26)28-21(2,3)4)24-15(13)9-8-14-10-11-23(17(14)18(24)25)20(27)29-22(5,6)7;/h10-11,15-19H,1-2,12-14H2,3-9H3;8-9,13-17H,10-12H2,1-7H3;1H4/t15-,16+,17+,18+,19+;13-,14+,15+,16+,17+;/m11./s1. The van der Waals surface area contributed by atoms with Gasteiger partial charge in [-0.1, -0.05) is 45.6 Å². The highest BCUT2D eigenvalue weighted by Crippen LogP contribution is 2.40. The maximum Gasteiger partial charge on any atom is 0.410 e. The molecule has 4 amide bonds. The van der Waals surface area contributed by atoms with Crippen LogP contribution in [0.3, 0.4) is 0 Å². The van der Waals surface area contributed by atoms with Crippen molar-refractivity contribution in [2.24, 2.45) is 23.7 Å². The third-order valence-electron chi connectivity index (χ3n) is 11.3. The lowest BCUT2D eigenvalue weighted by atomic mass is 9.97. The molecule has 0 aromatic rings. The van der Waals surface area contributed by atoms with Crippen molar-refractivity contribution in [3.63, 3.8) is 0 Å². The van der Waals surface area contributed by atoms with Crippen molar-refractivity contribution < 1.29 is 47.7 Å². The van der Waals surface area contributed by atoms with E-state index in [0.29, 0.717) is 38.8 Å². The summed E-state index contributed by atoms with van der Waals surface area (Å²) in [6.45, 7) is 34.3. The van der Waals surface area contributed by atoms with Gasteiger partial charge in [0.05, 0.1) is 12.1 Å². The lowest BCUT2D eigenvalue weighted by molar-refractivity contribution is -0.165. The number of amides is 4. The molecule has 14 nitrogen and oxygen atoms in total. The van der Waals surface area contributed by atoms with Gasteiger partial charge in [-0.05, 0) is 121 Å². The first kappa shape index (κ1) is 51.0. The minimum atomic E-state index is -0.773. The molecule has 0 saturated carbocycles. The summed E-state index contributed by atoms with van der Waals surface area (Å²) in [5, 5.41) is 0. The lowest BCUT2D eigenvalue weighted by Crippen LogP contribution is -2.56. The summed E-state index contributed by atoms with van der Waals surface area (Å²) >= 11 is 0. The number of carbonyl (C=O) groups is 6. The fraction of sp³-hybridized carbons (Fsp3) is 0.745. The Hall–Kier alpha value is -4.36. The molecule has 0 aromatic carbocycles. The summed E-state index contributed by atoms with van der Waals surface area (Å²) in [5.41, 5.74) is -2.60. The van der Waals surface area contributed by atoms with Crippen LogP contribution in [0, 0.1) is 23.7 Å². The fourth-order valence-electron chi connectivity index (χ4n) is 8.89. The van der Waals surface area contributed by atoms with Gasteiger partial charge in [-0.25, -0.2) is 19.2 Å². The van der Waals surface area contributed by atoms with Crippen LogP contribution >= 0.6 is 0 Å². The summed E-state index contributed by atoms with van der Waals surface area (Å²) in [4.78, 5) is 85.2. The molecule has 61 heavy (non-hydrogen) atoms. The molecule has 4 saturated heterocycles. The van der Waals surface area contributed by atoms with Gasteiger partial charge in [0.1, 0.15) is 46.6 Å². The second-order valence-corrected chi connectivity index (χ2v) is 21.0. The normalized spacial score (nSPS) is 29.9. The topological polar surface area (TPSA) is 152 Å². The minimum Gasteiger partial charge on any atom is -0.458 e. The van der Waals surface area contributed by atoms with Crippen molar-refractivity contribution in [3.8, 4) is 0 Å². The molecular weight excluding hydrogens is 781 g/mol. The van der Waals surface area contributed by atoms with Gasteiger partial charge < -0.3 is 28.7 Å². The third-order valence-corrected chi connectivity index (χ3v) is 11.3. The first-order valence-electron chi connectivity index (χ1n) is 21.5. The zero-order valence-electron chi connectivity index (χ0n) is 38.6. The van der Waals surface area contributed by atoms with E-state index in [1.165, 1.54) is 9.80 Å². The molecular formula is C47H76N4O10. The molecule has 5 aliphatic heterocycles. The molecule has 0 spiro atoms. The predicted molar refractivity (Wildman–Crippen MR) is 234 cm³/mol. The smallest absolute Gasteiger partial charge is 0.410 e. The number of fused-ring (bicyclic) bond motifs is 2. The van der Waals surface area contributed by atoms with Crippen molar-refractivity contribution >= 4 is 35.9 Å². The van der Waals surface area contributed by atoms with E-state index in [1.54, 1.807) is 63.5 Å². The zero-order chi connectivity index (χ0) is 45.4. The van der Waals surface area contributed by atoms with Gasteiger partial charge >= 0.3 is 24.1 Å². The molecule has 5 heterocycles. The van der Waals surface area contributed by atoms with E-state index < -0.39 is 64.7 Å². The highest BCUT2D eigenvalue weighted by atomic mass is 16.6. The van der Waals surface area contributed by atoms with Crippen molar-refractivity contribution in [1.29, 1.82) is 0 Å². The molecule has 5 rings (SSSR count). The van der Waals surface area contributed by atoms with Gasteiger partial charge in [-0.3, -0.25) is 19.4 Å². The van der Waals surface area contributed by atoms with Crippen LogP contribution in [0.15, 0.2) is 37.5 Å². The second kappa shape index (κ2) is 18.9. The summed E-state index contributed by atoms with van der Waals surface area (Å²) in [6.07, 6.45) is 8.82. The average Bonchev–Trinajstić information content (AvgIpc) is 3.85. The van der Waals surface area contributed by atoms with Gasteiger partial charge in [0, 0.05) is 24.9 Å². The molecule has 344 valence electrons. The van der Waals surface area contributed by atoms with E-state index in [9.17, 15) is 28.8 Å². The highest BCUT2D eigenvalue weighted by Gasteiger charge is 2.54. The molecule has 0 bridgehead atoms. The van der Waals surface area contributed by atoms with Gasteiger partial charge in [0.2, 0.25) is 11.8 Å². The lowest BCUT2D eigenvalue weighted by Gasteiger charge is -2.36. The zero-order valence-corrected chi connectivity index (χ0v) is 38.6. The molecule has 0 aromatic heterocycles. The number of esters is 2. The second-order valence-electron chi connectivity index (χ2n) is 21.0. The van der Waals surface area contributed by atoms with Crippen molar-refractivity contribution in [2.75, 3.05) is 13.1 Å². The van der Waals surface area contributed by atoms with Crippen LogP contribution in [-0.4, -0.2) is 127 Å². The van der Waals surface area contributed by atoms with Crippen molar-refractivity contribution in [1.82, 2.24) is 19.6 Å². The van der Waals surface area contributed by atoms with Crippen molar-refractivity contribution in [2.45, 2.75) is 189 Å². The van der Waals surface area contributed by atoms with Gasteiger partial charge in [-0.15, -0.1) is 13.2 Å². The Labute approximate surface area is 365 Å². The highest BCUT2D eigenvalue weighted by molar-refractivity contribution is 5.93. The summed E-state index contributed by atoms with van der Waals surface area (Å²) in [7, 11) is 0. The van der Waals surface area contributed by atoms with E-state index in [0.717, 1.165) is 0 Å². The first-order chi connectivity index (χ1) is 27.5. The van der Waals surface area contributed by atoms with Crippen LogP contribution in [0.4, 0.5) is 9.59 Å². The van der Waals surface area contributed by atoms with Gasteiger partial charge in [0.15, 0.2) is 0 Å². The van der Waals surface area contributed by atoms with Crippen LogP contribution in [-0.2, 0) is 38.1 Å². The van der Waals surface area contributed by atoms with Gasteiger partial charge in [0.25, 0.3) is 0 Å². The Morgan fingerprint density at radius 2 is 1.13 bits per heavy atom. The Morgan fingerprint density at radius 1 is 0.656 bits per heavy atom. The Balaban J connectivity index is 0.000000321. The van der Waals surface area contributed by atoms with Crippen LogP contribution in [0.2, 0.25) is 0 Å². The molecule has 0 N–H and O–H groups in total. The SMILES string of the molecule is C.C=C[C@H]1CCN(C(=O)OC(C)(C)C)[C@@H]1C(=O)N1[C@H](C(=O)OC(C)(C)C)C[C@@H](C)[C@@H]1C=C.C[C@@H]1C[C@@H](C(=O)OC(C)(C)C)N2C(=O)[C@@H]3[C@@H](C=C[C@@H]12)CCN3C(=O)OC(C)(C)C. The first-order valence-corrected chi connectivity index (χ1v) is 21.5. The number of rotatable bonds is 5. The molecule has 10 atom stereocenters. The van der Waals surface area contributed by atoms with E-state index >= 15 is 0 Å². The largest absolute Gasteiger partial charge is 0.458 e. The van der Waals surface area contributed by atoms with Gasteiger partial charge in [-0.2, -0.15) is 0 Å². The van der Waals surface area contributed by atoms with Crippen LogP contribution in [0.25, 0.3) is 0 Å². The van der Waals surface area contributed by atoms with E-state index in [4.69, 9.17) is 18.9 Å². The molecule has 4 fully saturated rings. The molecule has 0 radical (unpaired) electrons. The monoisotopic (exact) mass is 857 g/mol. The molecule has 0 aliphatic carbocycles. The Bertz CT molecular complexity index is 1700. The van der Waals surface area contributed by atoms with Crippen LogP contribution in [0.1, 0.15) is 130 Å². The number of likely N-dealkylation sites (tertiary alicyclic amines) is 3. The molecule has 5 aliphatic rings. The quantitative estimate of drug-likeness (QED) is 0.153. The van der Waals surface area contributed by atoms with Crippen LogP contribution < -0.4 is 0 Å². The number of ether oxygens (including phenoxy) is 4. The molecule has 14 heteroatoms. The number of carbonyl (C=O) groups excluding carboxylic acids is 6. The third kappa shape index (κ3) is 12.2. The van der Waals surface area contributed by atoms with Crippen molar-refractivity contribution in [3.05, 3.63) is 37.5 Å². The Morgan fingerprint density at radius 3 is 1.62 bits per heavy atom. The molecule has 0 unspecified atom stereocenters. The number of hydrogen-bond acceptors (Lipinski definition) is 10. The van der Waals surface area contributed by atoms with E-state index in [2.05, 4.69) is 13.2 Å². The number of hydrogen-bond donors (Lipinski definition) is 0. The predicted octanol–water partition coefficient (Wildman–Crippen LogP) is 7.70. The fourth-order valence-corrected chi connectivity index (χ4v) is 8.89. The summed E-state index contributed by atoms with van der Waals surface area (Å²) in [6, 6.07) is -3.25. The van der Waals surface area contributed by atoms with E-state index in [-0.39, 0.29) is 61.0 Å². The van der Waals surface area contributed by atoms with E-state index in [1.807, 2.05) is 67.5 Å². The summed E-state index contributed by atoms with van der Waals surface area (Å²) in [5.74, 6) is -1.40. The summed E-state index contributed by atoms with van der Waals surface area (Å²) < 4.78 is 22.3. The maximum absolute atomic E-state index is 13.9. The number of nitrogens with zero attached hydrogens (tertiary/aromatic N) is 4. The average molecular weight is 857 g/mol. The van der Waals surface area contributed by atoms with Crippen LogP contribution in [0.5, 0.6) is 0 Å².